The van der Waals surface area contributed by atoms with Gasteiger partial charge in [-0.2, -0.15) is 0 Å². The van der Waals surface area contributed by atoms with E-state index in [1.54, 1.807) is 12.1 Å². The van der Waals surface area contributed by atoms with Crippen LogP contribution in [0.3, 0.4) is 0 Å². The van der Waals surface area contributed by atoms with Crippen molar-refractivity contribution in [3.8, 4) is 0 Å². The highest BCUT2D eigenvalue weighted by atomic mass is 32.2. The van der Waals surface area contributed by atoms with Crippen molar-refractivity contribution < 1.29 is 9.72 Å². The molecule has 0 aliphatic carbocycles. The average molecular weight is 408 g/mol. The predicted molar refractivity (Wildman–Crippen MR) is 101 cm³/mol. The summed E-state index contributed by atoms with van der Waals surface area (Å²) in [5.74, 6) is -0.464. The highest BCUT2D eigenvalue weighted by Gasteiger charge is 2.20. The minimum Gasteiger partial charge on any atom is -0.296 e. The van der Waals surface area contributed by atoms with Crippen LogP contribution < -0.4 is 5.32 Å². The number of aromatic nitrogens is 3. The first-order chi connectivity index (χ1) is 12.5. The van der Waals surface area contributed by atoms with Crippen LogP contribution in [-0.2, 0) is 6.42 Å². The molecule has 0 aliphatic heterocycles. The lowest BCUT2D eigenvalue weighted by Gasteiger charge is -2.04. The van der Waals surface area contributed by atoms with Gasteiger partial charge in [-0.05, 0) is 25.5 Å². The number of carbonyl (C=O) groups excluding carboxylic acids is 1. The maximum absolute atomic E-state index is 12.3. The summed E-state index contributed by atoms with van der Waals surface area (Å²) >= 11 is 3.90. The third kappa shape index (κ3) is 4.23. The molecule has 1 aromatic carbocycles. The maximum atomic E-state index is 12.3. The number of nitrogens with one attached hydrogen (secondary N) is 1. The lowest BCUT2D eigenvalue weighted by atomic mass is 10.2. The summed E-state index contributed by atoms with van der Waals surface area (Å²) in [6.07, 6.45) is 0.723. The van der Waals surface area contributed by atoms with E-state index in [2.05, 4.69) is 20.5 Å². The first-order valence-corrected chi connectivity index (χ1v) is 9.99. The van der Waals surface area contributed by atoms with Crippen molar-refractivity contribution in [2.75, 3.05) is 5.32 Å². The maximum Gasteiger partial charge on any atom is 0.284 e. The summed E-state index contributed by atoms with van der Waals surface area (Å²) in [6, 6.07) is 4.37. The van der Waals surface area contributed by atoms with E-state index in [4.69, 9.17) is 0 Å². The summed E-state index contributed by atoms with van der Waals surface area (Å²) in [7, 11) is 0. The van der Waals surface area contributed by atoms with Gasteiger partial charge in [0.05, 0.1) is 9.82 Å². The van der Waals surface area contributed by atoms with E-state index < -0.39 is 10.8 Å². The number of nitrogens with zero attached hydrogens (tertiary/aromatic N) is 4. The predicted octanol–water partition coefficient (Wildman–Crippen LogP) is 4.18. The minimum atomic E-state index is -0.500. The Hall–Kier alpha value is -2.37. The Morgan fingerprint density at radius 3 is 2.81 bits per heavy atom. The van der Waals surface area contributed by atoms with E-state index >= 15 is 0 Å². The van der Waals surface area contributed by atoms with Crippen molar-refractivity contribution in [1.29, 1.82) is 0 Å². The normalized spacial score (nSPS) is 10.7. The molecule has 0 bridgehead atoms. The van der Waals surface area contributed by atoms with Crippen molar-refractivity contribution in [3.63, 3.8) is 0 Å². The third-order valence-electron chi connectivity index (χ3n) is 3.20. The van der Waals surface area contributed by atoms with Gasteiger partial charge in [-0.3, -0.25) is 20.2 Å². The Morgan fingerprint density at radius 1 is 1.38 bits per heavy atom. The molecule has 0 saturated carbocycles. The summed E-state index contributed by atoms with van der Waals surface area (Å²) in [5, 5.41) is 24.9. The molecular weight excluding hydrogens is 394 g/mol. The van der Waals surface area contributed by atoms with Crippen LogP contribution in [0.1, 0.15) is 28.0 Å². The Kier molecular flexibility index (Phi) is 5.59. The second-order valence-corrected chi connectivity index (χ2v) is 8.31. The number of nitro groups is 1. The Balaban J connectivity index is 1.83. The summed E-state index contributed by atoms with van der Waals surface area (Å²) < 4.78 is 0.712. The topological polar surface area (TPSA) is 111 Å². The summed E-state index contributed by atoms with van der Waals surface area (Å²) in [4.78, 5) is 28.0. The molecule has 0 radical (unpaired) electrons. The molecule has 1 amide bonds. The molecule has 2 aromatic heterocycles. The lowest BCUT2D eigenvalue weighted by molar-refractivity contribution is -0.387. The molecule has 3 aromatic rings. The highest BCUT2D eigenvalue weighted by Crippen LogP contribution is 2.36. The van der Waals surface area contributed by atoms with E-state index in [0.29, 0.717) is 14.4 Å². The minimum absolute atomic E-state index is 0.137. The molecule has 0 atom stereocenters. The lowest BCUT2D eigenvalue weighted by Crippen LogP contribution is -2.12. The van der Waals surface area contributed by atoms with Gasteiger partial charge in [0.2, 0.25) is 5.13 Å². The largest absolute Gasteiger partial charge is 0.296 e. The van der Waals surface area contributed by atoms with Crippen molar-refractivity contribution in [2.24, 2.45) is 0 Å². The van der Waals surface area contributed by atoms with E-state index in [9.17, 15) is 14.9 Å². The SMILES string of the molecule is CCc1nnc(NC(=O)c2ccc(Sc3nc(C)cs3)c([N+](=O)[O-])c2)s1. The number of hydrogen-bond acceptors (Lipinski definition) is 9. The first kappa shape index (κ1) is 18.4. The monoisotopic (exact) mass is 407 g/mol. The van der Waals surface area contributed by atoms with E-state index in [1.165, 1.54) is 40.5 Å². The molecular formula is C15H13N5O3S3. The van der Waals surface area contributed by atoms with Gasteiger partial charge < -0.3 is 0 Å². The zero-order valence-electron chi connectivity index (χ0n) is 13.8. The number of hydrogen-bond donors (Lipinski definition) is 1. The average Bonchev–Trinajstić information content (AvgIpc) is 3.23. The highest BCUT2D eigenvalue weighted by molar-refractivity contribution is 8.01. The molecule has 2 heterocycles. The molecule has 1 N–H and O–H groups in total. The van der Waals surface area contributed by atoms with Crippen LogP contribution in [-0.4, -0.2) is 26.0 Å². The number of thiazole rings is 1. The van der Waals surface area contributed by atoms with Gasteiger partial charge in [-0.25, -0.2) is 4.98 Å². The zero-order valence-corrected chi connectivity index (χ0v) is 16.2. The fourth-order valence-corrected chi connectivity index (χ4v) is 4.53. The van der Waals surface area contributed by atoms with Crippen molar-refractivity contribution in [3.05, 3.63) is 50.0 Å². The number of aryl methyl sites for hydroxylation is 2. The van der Waals surface area contributed by atoms with Gasteiger partial charge >= 0.3 is 0 Å². The van der Waals surface area contributed by atoms with Gasteiger partial charge in [-0.15, -0.1) is 21.5 Å². The first-order valence-electron chi connectivity index (χ1n) is 7.48. The number of rotatable bonds is 6. The van der Waals surface area contributed by atoms with Crippen LogP contribution in [0.4, 0.5) is 10.8 Å². The Labute approximate surface area is 160 Å². The van der Waals surface area contributed by atoms with Crippen LogP contribution >= 0.6 is 34.4 Å². The van der Waals surface area contributed by atoms with Gasteiger partial charge in [0, 0.05) is 22.7 Å². The van der Waals surface area contributed by atoms with E-state index in [1.807, 2.05) is 19.2 Å². The van der Waals surface area contributed by atoms with Gasteiger partial charge in [0.15, 0.2) is 4.34 Å². The van der Waals surface area contributed by atoms with Crippen LogP contribution in [0.25, 0.3) is 0 Å². The molecule has 0 aliphatic rings. The molecule has 134 valence electrons. The molecule has 0 unspecified atom stereocenters. The number of anilines is 1. The summed E-state index contributed by atoms with van der Waals surface area (Å²) in [5.41, 5.74) is 0.909. The van der Waals surface area contributed by atoms with Gasteiger partial charge in [-0.1, -0.05) is 30.0 Å². The number of amides is 1. The molecule has 8 nitrogen and oxygen atoms in total. The number of benzene rings is 1. The standard InChI is InChI=1S/C15H13N5O3S3/c1-3-12-18-19-14(26-12)17-13(21)9-4-5-11(10(6-9)20(22)23)25-15-16-8(2)7-24-15/h4-7H,3H2,1-2H3,(H,17,19,21). The Morgan fingerprint density at radius 2 is 2.19 bits per heavy atom. The fraction of sp³-hybridized carbons (Fsp3) is 0.200. The third-order valence-corrected chi connectivity index (χ3v) is 6.31. The molecule has 0 saturated heterocycles. The number of nitro benzene ring substituents is 1. The quantitative estimate of drug-likeness (QED) is 0.482. The smallest absolute Gasteiger partial charge is 0.284 e. The number of carbonyl (C=O) groups is 1. The summed E-state index contributed by atoms with van der Waals surface area (Å²) in [6.45, 7) is 3.80. The van der Waals surface area contributed by atoms with Crippen LogP contribution in [0.2, 0.25) is 0 Å². The van der Waals surface area contributed by atoms with Crippen molar-refractivity contribution in [1.82, 2.24) is 15.2 Å². The van der Waals surface area contributed by atoms with Crippen LogP contribution in [0.5, 0.6) is 0 Å². The second-order valence-electron chi connectivity index (χ2n) is 5.11. The van der Waals surface area contributed by atoms with E-state index in [-0.39, 0.29) is 11.3 Å². The molecule has 26 heavy (non-hydrogen) atoms. The Bertz CT molecular complexity index is 969. The van der Waals surface area contributed by atoms with Crippen LogP contribution in [0, 0.1) is 17.0 Å². The fourth-order valence-electron chi connectivity index (χ4n) is 1.98. The second kappa shape index (κ2) is 7.89. The molecule has 11 heteroatoms. The van der Waals surface area contributed by atoms with Gasteiger partial charge in [0.1, 0.15) is 5.01 Å². The molecule has 3 rings (SSSR count). The van der Waals surface area contributed by atoms with Crippen molar-refractivity contribution >= 4 is 51.2 Å². The van der Waals surface area contributed by atoms with Crippen LogP contribution in [0.15, 0.2) is 32.8 Å². The zero-order chi connectivity index (χ0) is 18.7. The van der Waals surface area contributed by atoms with Gasteiger partial charge in [0.25, 0.3) is 11.6 Å². The van der Waals surface area contributed by atoms with Crippen molar-refractivity contribution in [2.45, 2.75) is 29.5 Å². The molecule has 0 fully saturated rings. The molecule has 0 spiro atoms. The van der Waals surface area contributed by atoms with E-state index in [0.717, 1.165) is 17.1 Å².